The third-order valence-electron chi connectivity index (χ3n) is 9.75. The van der Waals surface area contributed by atoms with Crippen LogP contribution >= 0.6 is 0 Å². The number of furan rings is 1. The summed E-state index contributed by atoms with van der Waals surface area (Å²) in [5.41, 5.74) is 8.74. The van der Waals surface area contributed by atoms with Gasteiger partial charge in [0.15, 0.2) is 17.5 Å². The average Bonchev–Trinajstić information content (AvgIpc) is 3.59. The van der Waals surface area contributed by atoms with Crippen molar-refractivity contribution in [3.8, 4) is 56.4 Å². The maximum Gasteiger partial charge on any atom is 0.167 e. The number of aromatic nitrogens is 3. The van der Waals surface area contributed by atoms with E-state index in [1.54, 1.807) is 0 Å². The van der Waals surface area contributed by atoms with Crippen molar-refractivity contribution < 1.29 is 4.42 Å². The molecule has 0 saturated heterocycles. The van der Waals surface area contributed by atoms with E-state index < -0.39 is 0 Å². The summed E-state index contributed by atoms with van der Waals surface area (Å²) in [6, 6.07) is 61.1. The molecule has 0 bridgehead atoms. The van der Waals surface area contributed by atoms with Gasteiger partial charge >= 0.3 is 0 Å². The third-order valence-corrected chi connectivity index (χ3v) is 9.75. The topological polar surface area (TPSA) is 51.8 Å². The molecule has 0 fully saturated rings. The van der Waals surface area contributed by atoms with Gasteiger partial charge in [-0.25, -0.2) is 15.0 Å². The van der Waals surface area contributed by atoms with Crippen LogP contribution in [0.2, 0.25) is 0 Å². The Bertz CT molecular complexity index is 2920. The van der Waals surface area contributed by atoms with Gasteiger partial charge in [0.2, 0.25) is 0 Å². The normalized spacial score (nSPS) is 11.5. The Balaban J connectivity index is 1.17. The molecule has 0 aliphatic carbocycles. The number of fused-ring (bicyclic) bond motifs is 5. The molecule has 0 aliphatic heterocycles. The van der Waals surface area contributed by atoms with E-state index in [0.29, 0.717) is 17.5 Å². The van der Waals surface area contributed by atoms with E-state index in [4.69, 9.17) is 19.4 Å². The van der Waals surface area contributed by atoms with Gasteiger partial charge in [-0.3, -0.25) is 0 Å². The zero-order valence-electron chi connectivity index (χ0n) is 27.5. The predicted octanol–water partition coefficient (Wildman–Crippen LogP) is 12.4. The van der Waals surface area contributed by atoms with Crippen LogP contribution in [0.25, 0.3) is 99.9 Å². The Morgan fingerprint density at radius 3 is 1.73 bits per heavy atom. The Kier molecular flexibility index (Phi) is 6.78. The van der Waals surface area contributed by atoms with Crippen LogP contribution in [0, 0.1) is 0 Å². The van der Waals surface area contributed by atoms with E-state index in [2.05, 4.69) is 140 Å². The van der Waals surface area contributed by atoms with Gasteiger partial charge in [-0.15, -0.1) is 0 Å². The van der Waals surface area contributed by atoms with E-state index in [1.165, 1.54) is 21.5 Å². The first-order chi connectivity index (χ1) is 25.3. The fourth-order valence-electron chi connectivity index (χ4n) is 7.22. The molecule has 0 aliphatic rings. The molecule has 0 amide bonds. The summed E-state index contributed by atoms with van der Waals surface area (Å²) in [5.74, 6) is 1.76. The molecule has 10 rings (SSSR count). The number of rotatable bonds is 5. The lowest BCUT2D eigenvalue weighted by Gasteiger charge is -2.14. The van der Waals surface area contributed by atoms with Crippen molar-refractivity contribution in [2.24, 2.45) is 0 Å². The molecule has 10 aromatic rings. The lowest BCUT2D eigenvalue weighted by Crippen LogP contribution is -2.01. The summed E-state index contributed by atoms with van der Waals surface area (Å²) in [5, 5.41) is 6.90. The second kappa shape index (κ2) is 11.9. The van der Waals surface area contributed by atoms with E-state index in [1.807, 2.05) is 36.4 Å². The maximum absolute atomic E-state index is 6.47. The first-order valence-corrected chi connectivity index (χ1v) is 17.1. The Morgan fingerprint density at radius 1 is 0.314 bits per heavy atom. The van der Waals surface area contributed by atoms with E-state index in [-0.39, 0.29) is 0 Å². The second-order valence-electron chi connectivity index (χ2n) is 12.8. The van der Waals surface area contributed by atoms with Crippen LogP contribution in [-0.2, 0) is 0 Å². The molecule has 0 N–H and O–H groups in total. The van der Waals surface area contributed by atoms with Crippen LogP contribution in [0.5, 0.6) is 0 Å². The van der Waals surface area contributed by atoms with Crippen LogP contribution in [-0.4, -0.2) is 15.0 Å². The number of hydrogen-bond donors (Lipinski definition) is 0. The molecule has 4 nitrogen and oxygen atoms in total. The average molecular weight is 652 g/mol. The highest BCUT2D eigenvalue weighted by atomic mass is 16.3. The Labute approximate surface area is 294 Å². The molecule has 51 heavy (non-hydrogen) atoms. The van der Waals surface area contributed by atoms with E-state index >= 15 is 0 Å². The lowest BCUT2D eigenvalue weighted by molar-refractivity contribution is 0.669. The molecule has 238 valence electrons. The first kappa shape index (κ1) is 29.0. The van der Waals surface area contributed by atoms with Crippen molar-refractivity contribution in [3.05, 3.63) is 176 Å². The largest absolute Gasteiger partial charge is 0.455 e. The van der Waals surface area contributed by atoms with Gasteiger partial charge < -0.3 is 4.42 Å². The van der Waals surface area contributed by atoms with Gasteiger partial charge in [0.05, 0.1) is 5.56 Å². The zero-order valence-corrected chi connectivity index (χ0v) is 27.5. The molecule has 0 saturated carbocycles. The van der Waals surface area contributed by atoms with Gasteiger partial charge in [-0.05, 0) is 62.0 Å². The second-order valence-corrected chi connectivity index (χ2v) is 12.8. The van der Waals surface area contributed by atoms with Crippen molar-refractivity contribution in [1.29, 1.82) is 0 Å². The predicted molar refractivity (Wildman–Crippen MR) is 209 cm³/mol. The maximum atomic E-state index is 6.47. The molecule has 0 spiro atoms. The fraction of sp³-hybridized carbons (Fsp3) is 0. The monoisotopic (exact) mass is 651 g/mol. The molecule has 0 radical (unpaired) electrons. The molecule has 2 heterocycles. The highest BCUT2D eigenvalue weighted by Crippen LogP contribution is 2.39. The van der Waals surface area contributed by atoms with Gasteiger partial charge in [-0.1, -0.05) is 158 Å². The number of para-hydroxylation sites is 2. The van der Waals surface area contributed by atoms with Gasteiger partial charge in [-0.2, -0.15) is 0 Å². The molecule has 2 aromatic heterocycles. The Hall–Kier alpha value is -6.91. The number of hydrogen-bond acceptors (Lipinski definition) is 4. The lowest BCUT2D eigenvalue weighted by atomic mass is 9.94. The van der Waals surface area contributed by atoms with Crippen molar-refractivity contribution in [2.45, 2.75) is 0 Å². The van der Waals surface area contributed by atoms with Crippen molar-refractivity contribution >= 4 is 43.5 Å². The summed E-state index contributed by atoms with van der Waals surface area (Å²) >= 11 is 0. The Morgan fingerprint density at radius 2 is 0.863 bits per heavy atom. The standard InChI is InChI=1S/C47H29N3O/c1-2-13-34-29-35(28-25-30(34)11-1)31-23-26-33(27-24-31)45-48-46(41-18-6-5-16-38(41)37-19-9-14-32-12-3-4-15-36(32)37)50-47(49-45)42-21-10-20-40-39-17-7-8-22-43(39)51-44(40)42/h1-29H. The van der Waals surface area contributed by atoms with Crippen molar-refractivity contribution in [2.75, 3.05) is 0 Å². The summed E-state index contributed by atoms with van der Waals surface area (Å²) in [7, 11) is 0. The van der Waals surface area contributed by atoms with Gasteiger partial charge in [0.25, 0.3) is 0 Å². The molecule has 0 unspecified atom stereocenters. The van der Waals surface area contributed by atoms with Crippen LogP contribution in [0.1, 0.15) is 0 Å². The van der Waals surface area contributed by atoms with Crippen LogP contribution in [0.3, 0.4) is 0 Å². The highest BCUT2D eigenvalue weighted by Gasteiger charge is 2.20. The van der Waals surface area contributed by atoms with E-state index in [0.717, 1.165) is 60.9 Å². The zero-order chi connectivity index (χ0) is 33.7. The smallest absolute Gasteiger partial charge is 0.167 e. The highest BCUT2D eigenvalue weighted by molar-refractivity contribution is 6.09. The van der Waals surface area contributed by atoms with Crippen molar-refractivity contribution in [3.63, 3.8) is 0 Å². The third kappa shape index (κ3) is 5.04. The van der Waals surface area contributed by atoms with Crippen LogP contribution in [0.15, 0.2) is 180 Å². The summed E-state index contributed by atoms with van der Waals surface area (Å²) < 4.78 is 6.47. The number of nitrogens with zero attached hydrogens (tertiary/aromatic N) is 3. The summed E-state index contributed by atoms with van der Waals surface area (Å²) in [6.45, 7) is 0. The summed E-state index contributed by atoms with van der Waals surface area (Å²) in [6.07, 6.45) is 0. The van der Waals surface area contributed by atoms with E-state index in [9.17, 15) is 0 Å². The van der Waals surface area contributed by atoms with Crippen LogP contribution < -0.4 is 0 Å². The van der Waals surface area contributed by atoms with Crippen molar-refractivity contribution in [1.82, 2.24) is 15.0 Å². The quantitative estimate of drug-likeness (QED) is 0.186. The first-order valence-electron chi connectivity index (χ1n) is 17.1. The minimum absolute atomic E-state index is 0.561. The number of benzene rings is 8. The molecule has 8 aromatic carbocycles. The molecular weight excluding hydrogens is 623 g/mol. The van der Waals surface area contributed by atoms with Gasteiger partial charge in [0.1, 0.15) is 11.2 Å². The molecular formula is C47H29N3O. The minimum atomic E-state index is 0.561. The molecule has 0 atom stereocenters. The minimum Gasteiger partial charge on any atom is -0.455 e. The SMILES string of the molecule is c1ccc(-c2cccc3ccccc23)c(-c2nc(-c3ccc(-c4ccc5ccccc5c4)cc3)nc(-c3cccc4c3oc3ccccc34)n2)c1. The van der Waals surface area contributed by atoms with Gasteiger partial charge in [0, 0.05) is 21.9 Å². The van der Waals surface area contributed by atoms with Crippen LogP contribution in [0.4, 0.5) is 0 Å². The fourth-order valence-corrected chi connectivity index (χ4v) is 7.22. The summed E-state index contributed by atoms with van der Waals surface area (Å²) in [4.78, 5) is 15.5. The molecule has 4 heteroatoms.